The Hall–Kier alpha value is -0.770. The molecule has 0 bridgehead atoms. The number of hydrogen-bond donors (Lipinski definition) is 4. The lowest BCUT2D eigenvalue weighted by Crippen LogP contribution is -2.51. The van der Waals surface area contributed by atoms with Crippen LogP contribution in [0.2, 0.25) is 0 Å². The molecule has 4 heteroatoms. The molecule has 0 amide bonds. The molecule has 1 aliphatic carbocycles. The van der Waals surface area contributed by atoms with Gasteiger partial charge in [0.1, 0.15) is 0 Å². The second kappa shape index (κ2) is 3.57. The van der Waals surface area contributed by atoms with Gasteiger partial charge in [0.05, 0.1) is 0 Å². The molecule has 0 aromatic heterocycles. The first kappa shape index (κ1) is 8.33. The standard InChI is InChI=1S/C7H16N4/c8-5-3-1-2-4-6(5)11-7(9)10/h5-6H,1-4,8H2,(H4,9,10,11)/t5-,6+/m0/s1. The molecular formula is C7H16N4. The second-order valence-corrected chi connectivity index (χ2v) is 3.11. The van der Waals surface area contributed by atoms with Crippen LogP contribution in [0.3, 0.4) is 0 Å². The molecule has 0 aromatic carbocycles. The maximum Gasteiger partial charge on any atom is 0.185 e. The predicted octanol–water partition coefficient (Wildman–Crippen LogP) is -0.261. The lowest BCUT2D eigenvalue weighted by molar-refractivity contribution is 0.359. The van der Waals surface area contributed by atoms with Crippen molar-refractivity contribution in [1.82, 2.24) is 5.32 Å². The third-order valence-electron chi connectivity index (χ3n) is 2.16. The lowest BCUT2D eigenvalue weighted by atomic mass is 9.91. The van der Waals surface area contributed by atoms with Crippen LogP contribution in [-0.4, -0.2) is 18.0 Å². The van der Waals surface area contributed by atoms with Gasteiger partial charge in [-0.1, -0.05) is 12.8 Å². The summed E-state index contributed by atoms with van der Waals surface area (Å²) in [6.45, 7) is 0. The molecule has 64 valence electrons. The van der Waals surface area contributed by atoms with Crippen molar-refractivity contribution >= 4 is 5.96 Å². The molecule has 0 saturated heterocycles. The summed E-state index contributed by atoms with van der Waals surface area (Å²) in [5.74, 6) is 0.0346. The second-order valence-electron chi connectivity index (χ2n) is 3.11. The first-order valence-corrected chi connectivity index (χ1v) is 4.06. The van der Waals surface area contributed by atoms with Crippen LogP contribution in [0.5, 0.6) is 0 Å². The molecule has 1 aliphatic rings. The molecular weight excluding hydrogens is 140 g/mol. The number of nitrogens with two attached hydrogens (primary N) is 2. The van der Waals surface area contributed by atoms with E-state index in [2.05, 4.69) is 5.32 Å². The van der Waals surface area contributed by atoms with Crippen LogP contribution in [0.15, 0.2) is 0 Å². The summed E-state index contributed by atoms with van der Waals surface area (Å²) in [7, 11) is 0. The van der Waals surface area contributed by atoms with Crippen LogP contribution in [0, 0.1) is 5.41 Å². The Morgan fingerprint density at radius 1 is 1.36 bits per heavy atom. The Labute approximate surface area is 66.8 Å². The molecule has 11 heavy (non-hydrogen) atoms. The van der Waals surface area contributed by atoms with Crippen molar-refractivity contribution < 1.29 is 0 Å². The van der Waals surface area contributed by atoms with Crippen molar-refractivity contribution in [3.05, 3.63) is 0 Å². The minimum Gasteiger partial charge on any atom is -0.370 e. The van der Waals surface area contributed by atoms with Crippen LogP contribution < -0.4 is 16.8 Å². The van der Waals surface area contributed by atoms with Gasteiger partial charge >= 0.3 is 0 Å². The van der Waals surface area contributed by atoms with Crippen molar-refractivity contribution in [3.63, 3.8) is 0 Å². The van der Waals surface area contributed by atoms with Gasteiger partial charge in [0.15, 0.2) is 5.96 Å². The van der Waals surface area contributed by atoms with Crippen molar-refractivity contribution in [2.24, 2.45) is 11.5 Å². The van der Waals surface area contributed by atoms with Gasteiger partial charge in [0, 0.05) is 12.1 Å². The van der Waals surface area contributed by atoms with E-state index in [0.29, 0.717) is 0 Å². The molecule has 0 unspecified atom stereocenters. The Balaban J connectivity index is 2.35. The highest BCUT2D eigenvalue weighted by Crippen LogP contribution is 2.16. The molecule has 6 N–H and O–H groups in total. The predicted molar refractivity (Wildman–Crippen MR) is 45.3 cm³/mol. The number of hydrogen-bond acceptors (Lipinski definition) is 2. The van der Waals surface area contributed by atoms with E-state index < -0.39 is 0 Å². The topological polar surface area (TPSA) is 87.9 Å². The van der Waals surface area contributed by atoms with Gasteiger partial charge in [-0.05, 0) is 12.8 Å². The van der Waals surface area contributed by atoms with E-state index in [1.165, 1.54) is 12.8 Å². The lowest BCUT2D eigenvalue weighted by Gasteiger charge is -2.29. The van der Waals surface area contributed by atoms with E-state index in [1.54, 1.807) is 0 Å². The quantitative estimate of drug-likeness (QED) is 0.311. The van der Waals surface area contributed by atoms with E-state index in [4.69, 9.17) is 16.9 Å². The molecule has 1 fully saturated rings. The average Bonchev–Trinajstić information content (AvgIpc) is 1.93. The summed E-state index contributed by atoms with van der Waals surface area (Å²) in [6.07, 6.45) is 4.49. The number of guanidine groups is 1. The van der Waals surface area contributed by atoms with E-state index in [1.807, 2.05) is 0 Å². The van der Waals surface area contributed by atoms with Crippen LogP contribution >= 0.6 is 0 Å². The minimum atomic E-state index is 0.0346. The first-order chi connectivity index (χ1) is 5.20. The van der Waals surface area contributed by atoms with Crippen molar-refractivity contribution in [3.8, 4) is 0 Å². The summed E-state index contributed by atoms with van der Waals surface area (Å²) in [5.41, 5.74) is 11.0. The zero-order valence-corrected chi connectivity index (χ0v) is 6.64. The largest absolute Gasteiger partial charge is 0.370 e. The summed E-state index contributed by atoms with van der Waals surface area (Å²) in [6, 6.07) is 0.397. The van der Waals surface area contributed by atoms with Gasteiger partial charge in [-0.25, -0.2) is 0 Å². The van der Waals surface area contributed by atoms with Crippen LogP contribution in [0.25, 0.3) is 0 Å². The Morgan fingerprint density at radius 3 is 2.55 bits per heavy atom. The Bertz CT molecular complexity index is 145. The first-order valence-electron chi connectivity index (χ1n) is 4.06. The summed E-state index contributed by atoms with van der Waals surface area (Å²) in [4.78, 5) is 0. The SMILES string of the molecule is N=C(N)N[C@@H]1CCCC[C@@H]1N. The molecule has 2 atom stereocenters. The minimum absolute atomic E-state index is 0.0346. The molecule has 0 aromatic rings. The molecule has 1 saturated carbocycles. The molecule has 0 heterocycles. The Kier molecular flexibility index (Phi) is 2.70. The molecule has 1 rings (SSSR count). The molecule has 0 spiro atoms. The van der Waals surface area contributed by atoms with Gasteiger partial charge < -0.3 is 16.8 Å². The highest BCUT2D eigenvalue weighted by Gasteiger charge is 2.21. The fraction of sp³-hybridized carbons (Fsp3) is 0.857. The van der Waals surface area contributed by atoms with Crippen molar-refractivity contribution in [2.75, 3.05) is 0 Å². The molecule has 0 radical (unpaired) electrons. The monoisotopic (exact) mass is 156 g/mol. The van der Waals surface area contributed by atoms with Gasteiger partial charge in [-0.3, -0.25) is 5.41 Å². The number of nitrogens with one attached hydrogen (secondary N) is 2. The zero-order valence-electron chi connectivity index (χ0n) is 6.64. The Morgan fingerprint density at radius 2 is 2.00 bits per heavy atom. The van der Waals surface area contributed by atoms with Crippen LogP contribution in [0.1, 0.15) is 25.7 Å². The molecule has 4 nitrogen and oxygen atoms in total. The van der Waals surface area contributed by atoms with Crippen LogP contribution in [-0.2, 0) is 0 Å². The fourth-order valence-electron chi connectivity index (χ4n) is 1.54. The van der Waals surface area contributed by atoms with E-state index >= 15 is 0 Å². The summed E-state index contributed by atoms with van der Waals surface area (Å²) in [5, 5.41) is 9.90. The van der Waals surface area contributed by atoms with E-state index in [-0.39, 0.29) is 18.0 Å². The zero-order chi connectivity index (χ0) is 8.27. The fourth-order valence-corrected chi connectivity index (χ4v) is 1.54. The van der Waals surface area contributed by atoms with E-state index in [9.17, 15) is 0 Å². The number of rotatable bonds is 1. The third-order valence-corrected chi connectivity index (χ3v) is 2.16. The maximum atomic E-state index is 7.03. The van der Waals surface area contributed by atoms with Gasteiger partial charge in [0.2, 0.25) is 0 Å². The van der Waals surface area contributed by atoms with Gasteiger partial charge in [-0.15, -0.1) is 0 Å². The highest BCUT2D eigenvalue weighted by molar-refractivity contribution is 5.74. The summed E-state index contributed by atoms with van der Waals surface area (Å²) < 4.78 is 0. The third kappa shape index (κ3) is 2.38. The molecule has 0 aliphatic heterocycles. The smallest absolute Gasteiger partial charge is 0.185 e. The van der Waals surface area contributed by atoms with E-state index in [0.717, 1.165) is 12.8 Å². The normalized spacial score (nSPS) is 31.4. The van der Waals surface area contributed by atoms with Crippen molar-refractivity contribution in [1.29, 1.82) is 5.41 Å². The maximum absolute atomic E-state index is 7.03. The van der Waals surface area contributed by atoms with Crippen molar-refractivity contribution in [2.45, 2.75) is 37.8 Å². The highest BCUT2D eigenvalue weighted by atomic mass is 15.1. The van der Waals surface area contributed by atoms with Gasteiger partial charge in [-0.2, -0.15) is 0 Å². The van der Waals surface area contributed by atoms with Gasteiger partial charge in [0.25, 0.3) is 0 Å². The van der Waals surface area contributed by atoms with Crippen LogP contribution in [0.4, 0.5) is 0 Å². The summed E-state index contributed by atoms with van der Waals surface area (Å²) >= 11 is 0. The average molecular weight is 156 g/mol.